The molecule has 94 valence electrons. The molecule has 8 heteroatoms. The first-order valence-electron chi connectivity index (χ1n) is 4.63. The summed E-state index contributed by atoms with van der Waals surface area (Å²) in [7, 11) is 1.21. The summed E-state index contributed by atoms with van der Waals surface area (Å²) in [4.78, 5) is 19.8. The molecule has 0 aromatic carbocycles. The Bertz CT molecular complexity index is 249. The SMILES string of the molecule is COOC1O[C@H](O)[C@H](O)[C@H](O)[C@H]1NC(C)=O. The summed E-state index contributed by atoms with van der Waals surface area (Å²) in [6.07, 6.45) is -5.77. The molecule has 1 fully saturated rings. The van der Waals surface area contributed by atoms with Crippen LogP contribution in [0, 0.1) is 0 Å². The molecule has 0 aromatic heterocycles. The van der Waals surface area contributed by atoms with Crippen LogP contribution in [0.25, 0.3) is 0 Å². The quantitative estimate of drug-likeness (QED) is 0.315. The average molecular weight is 237 g/mol. The smallest absolute Gasteiger partial charge is 0.217 e. The highest BCUT2D eigenvalue weighted by molar-refractivity contribution is 5.73. The third kappa shape index (κ3) is 2.88. The zero-order valence-corrected chi connectivity index (χ0v) is 8.86. The second-order valence-corrected chi connectivity index (χ2v) is 3.37. The van der Waals surface area contributed by atoms with Gasteiger partial charge in [0.15, 0.2) is 6.29 Å². The third-order valence-corrected chi connectivity index (χ3v) is 2.14. The second kappa shape index (κ2) is 5.53. The standard InChI is InChI=1S/C8H15NO7/c1-3(10)9-4-5(11)6(12)7(13)15-8(4)16-14-2/h4-8,11-13H,1-2H3,(H,9,10)/t4-,5-,6-,7+,8?/m1/s1. The number of aliphatic hydroxyl groups excluding tert-OH is 3. The van der Waals surface area contributed by atoms with Gasteiger partial charge < -0.3 is 25.4 Å². The molecule has 16 heavy (non-hydrogen) atoms. The minimum atomic E-state index is -1.61. The first-order valence-corrected chi connectivity index (χ1v) is 4.63. The van der Waals surface area contributed by atoms with E-state index >= 15 is 0 Å². The molecular formula is C8H15NO7. The van der Waals surface area contributed by atoms with Gasteiger partial charge in [-0.2, -0.15) is 0 Å². The third-order valence-electron chi connectivity index (χ3n) is 2.14. The minimum Gasteiger partial charge on any atom is -0.388 e. The van der Waals surface area contributed by atoms with Crippen LogP contribution in [0.3, 0.4) is 0 Å². The van der Waals surface area contributed by atoms with Gasteiger partial charge in [-0.3, -0.25) is 4.79 Å². The molecule has 4 N–H and O–H groups in total. The second-order valence-electron chi connectivity index (χ2n) is 3.37. The van der Waals surface area contributed by atoms with Gasteiger partial charge in [-0.1, -0.05) is 0 Å². The Kier molecular flexibility index (Phi) is 4.59. The number of hydrogen-bond acceptors (Lipinski definition) is 7. The summed E-state index contributed by atoms with van der Waals surface area (Å²) in [5.41, 5.74) is 0. The Morgan fingerprint density at radius 3 is 2.44 bits per heavy atom. The summed E-state index contributed by atoms with van der Waals surface area (Å²) in [5, 5.41) is 30.5. The van der Waals surface area contributed by atoms with E-state index in [0.29, 0.717) is 0 Å². The van der Waals surface area contributed by atoms with Crippen LogP contribution in [0.5, 0.6) is 0 Å². The van der Waals surface area contributed by atoms with E-state index in [1.54, 1.807) is 0 Å². The van der Waals surface area contributed by atoms with Crippen molar-refractivity contribution in [2.45, 2.75) is 37.8 Å². The Labute approximate surface area is 91.7 Å². The van der Waals surface area contributed by atoms with Crippen molar-refractivity contribution < 1.29 is 34.6 Å². The van der Waals surface area contributed by atoms with E-state index in [4.69, 9.17) is 4.74 Å². The molecular weight excluding hydrogens is 222 g/mol. The fourth-order valence-electron chi connectivity index (χ4n) is 1.41. The summed E-state index contributed by atoms with van der Waals surface area (Å²) in [6, 6.07) is -1.03. The molecule has 1 aliphatic rings. The van der Waals surface area contributed by atoms with Gasteiger partial charge in [0.2, 0.25) is 12.2 Å². The number of ether oxygens (including phenoxy) is 1. The van der Waals surface area contributed by atoms with E-state index in [0.717, 1.165) is 0 Å². The van der Waals surface area contributed by atoms with Gasteiger partial charge >= 0.3 is 0 Å². The topological polar surface area (TPSA) is 117 Å². The lowest BCUT2D eigenvalue weighted by Crippen LogP contribution is -2.63. The summed E-state index contributed by atoms with van der Waals surface area (Å²) < 4.78 is 4.81. The van der Waals surface area contributed by atoms with Crippen LogP contribution in [-0.4, -0.2) is 59.2 Å². The van der Waals surface area contributed by atoms with Crippen molar-refractivity contribution in [3.05, 3.63) is 0 Å². The van der Waals surface area contributed by atoms with Crippen LogP contribution in [0.15, 0.2) is 0 Å². The minimum absolute atomic E-state index is 0.444. The first kappa shape index (κ1) is 13.3. The van der Waals surface area contributed by atoms with E-state index in [9.17, 15) is 20.1 Å². The van der Waals surface area contributed by atoms with Crippen molar-refractivity contribution in [1.82, 2.24) is 5.32 Å². The lowest BCUT2D eigenvalue weighted by molar-refractivity contribution is -0.417. The molecule has 0 aromatic rings. The molecule has 5 atom stereocenters. The van der Waals surface area contributed by atoms with Crippen LogP contribution in [0.4, 0.5) is 0 Å². The Morgan fingerprint density at radius 2 is 1.94 bits per heavy atom. The molecule has 0 spiro atoms. The van der Waals surface area contributed by atoms with E-state index in [1.165, 1.54) is 14.0 Å². The molecule has 1 heterocycles. The highest BCUT2D eigenvalue weighted by Gasteiger charge is 2.45. The van der Waals surface area contributed by atoms with E-state index in [1.807, 2.05) is 0 Å². The van der Waals surface area contributed by atoms with Crippen LogP contribution in [0.2, 0.25) is 0 Å². The van der Waals surface area contributed by atoms with Crippen molar-refractivity contribution in [3.63, 3.8) is 0 Å². The summed E-state index contributed by atoms with van der Waals surface area (Å²) >= 11 is 0. The van der Waals surface area contributed by atoms with Crippen LogP contribution < -0.4 is 5.32 Å². The fourth-order valence-corrected chi connectivity index (χ4v) is 1.41. The van der Waals surface area contributed by atoms with E-state index < -0.39 is 36.7 Å². The van der Waals surface area contributed by atoms with Crippen molar-refractivity contribution in [1.29, 1.82) is 0 Å². The van der Waals surface area contributed by atoms with Gasteiger partial charge in [0, 0.05) is 6.92 Å². The van der Waals surface area contributed by atoms with Crippen molar-refractivity contribution >= 4 is 5.91 Å². The predicted octanol–water partition coefficient (Wildman–Crippen LogP) is -2.53. The number of hydrogen-bond donors (Lipinski definition) is 4. The first-order chi connectivity index (χ1) is 7.47. The Hall–Kier alpha value is -0.770. The Morgan fingerprint density at radius 1 is 1.31 bits per heavy atom. The average Bonchev–Trinajstić information content (AvgIpc) is 2.21. The largest absolute Gasteiger partial charge is 0.388 e. The number of carbonyl (C=O) groups excluding carboxylic acids is 1. The van der Waals surface area contributed by atoms with Crippen LogP contribution in [0.1, 0.15) is 6.92 Å². The molecule has 0 radical (unpaired) electrons. The van der Waals surface area contributed by atoms with Gasteiger partial charge in [0.1, 0.15) is 18.2 Å². The van der Waals surface area contributed by atoms with Crippen LogP contribution in [-0.2, 0) is 19.3 Å². The van der Waals surface area contributed by atoms with E-state index in [2.05, 4.69) is 15.1 Å². The van der Waals surface area contributed by atoms with Crippen molar-refractivity contribution in [2.75, 3.05) is 7.11 Å². The maximum atomic E-state index is 10.9. The molecule has 1 rings (SSSR count). The number of nitrogens with one attached hydrogen (secondary N) is 1. The molecule has 1 saturated heterocycles. The number of aliphatic hydroxyl groups is 3. The van der Waals surface area contributed by atoms with Crippen LogP contribution >= 0.6 is 0 Å². The van der Waals surface area contributed by atoms with Gasteiger partial charge in [-0.15, -0.1) is 0 Å². The van der Waals surface area contributed by atoms with E-state index in [-0.39, 0.29) is 0 Å². The monoisotopic (exact) mass is 237 g/mol. The summed E-state index contributed by atoms with van der Waals surface area (Å²) in [5.74, 6) is -0.444. The highest BCUT2D eigenvalue weighted by atomic mass is 17.2. The lowest BCUT2D eigenvalue weighted by Gasteiger charge is -2.39. The molecule has 1 amide bonds. The predicted molar refractivity (Wildman–Crippen MR) is 48.6 cm³/mol. The van der Waals surface area contributed by atoms with Gasteiger partial charge in [0.05, 0.1) is 7.11 Å². The van der Waals surface area contributed by atoms with Gasteiger partial charge in [-0.05, 0) is 0 Å². The Balaban J connectivity index is 2.75. The number of amides is 1. The normalized spacial score (nSPS) is 39.4. The molecule has 0 aliphatic carbocycles. The van der Waals surface area contributed by atoms with Crippen molar-refractivity contribution in [2.24, 2.45) is 0 Å². The molecule has 1 aliphatic heterocycles. The maximum Gasteiger partial charge on any atom is 0.217 e. The molecule has 0 saturated carbocycles. The zero-order valence-electron chi connectivity index (χ0n) is 8.86. The zero-order chi connectivity index (χ0) is 12.3. The summed E-state index contributed by atoms with van der Waals surface area (Å²) in [6.45, 7) is 1.23. The maximum absolute atomic E-state index is 10.9. The number of carbonyl (C=O) groups is 1. The molecule has 1 unspecified atom stereocenters. The molecule has 0 bridgehead atoms. The highest BCUT2D eigenvalue weighted by Crippen LogP contribution is 2.20. The lowest BCUT2D eigenvalue weighted by atomic mass is 10.0. The fraction of sp³-hybridized carbons (Fsp3) is 0.875. The van der Waals surface area contributed by atoms with Crippen molar-refractivity contribution in [3.8, 4) is 0 Å². The molecule has 8 nitrogen and oxygen atoms in total. The van der Waals surface area contributed by atoms with Gasteiger partial charge in [-0.25, -0.2) is 9.78 Å². The van der Waals surface area contributed by atoms with Gasteiger partial charge in [0.25, 0.3) is 0 Å². The number of rotatable bonds is 3.